The third-order valence-corrected chi connectivity index (χ3v) is 6.06. The third kappa shape index (κ3) is 3.84. The molecule has 152 valence electrons. The van der Waals surface area contributed by atoms with E-state index >= 15 is 0 Å². The lowest BCUT2D eigenvalue weighted by atomic mass is 9.92. The van der Waals surface area contributed by atoms with Crippen molar-refractivity contribution < 1.29 is 14.3 Å². The van der Waals surface area contributed by atoms with Crippen LogP contribution >= 0.6 is 23.2 Å². The Hall–Kier alpha value is -2.15. The highest BCUT2D eigenvalue weighted by Crippen LogP contribution is 2.31. The lowest BCUT2D eigenvalue weighted by molar-refractivity contribution is -0.155. The molecule has 2 aliphatic rings. The molecular weight excluding hydrogens is 413 g/mol. The molecule has 2 fully saturated rings. The molecule has 2 saturated heterocycles. The summed E-state index contributed by atoms with van der Waals surface area (Å²) in [5, 5.41) is 1.17. The van der Waals surface area contributed by atoms with Crippen LogP contribution in [0.5, 0.6) is 0 Å². The molecule has 2 amide bonds. The number of carbonyl (C=O) groups is 2. The first-order valence-corrected chi connectivity index (χ1v) is 10.2. The molecule has 0 saturated carbocycles. The van der Waals surface area contributed by atoms with E-state index in [4.69, 9.17) is 27.9 Å². The van der Waals surface area contributed by atoms with Crippen LogP contribution in [0.1, 0.15) is 16.7 Å². The van der Waals surface area contributed by atoms with Crippen LogP contribution < -0.4 is 4.90 Å². The summed E-state index contributed by atoms with van der Waals surface area (Å²) in [5.74, 6) is 0.182. The number of pyridine rings is 1. The van der Waals surface area contributed by atoms with Crippen molar-refractivity contribution in [3.8, 4) is 0 Å². The fourth-order valence-electron chi connectivity index (χ4n) is 3.83. The number of amides is 2. The zero-order chi connectivity index (χ0) is 20.7. The Morgan fingerprint density at radius 2 is 1.90 bits per heavy atom. The second-order valence-corrected chi connectivity index (χ2v) is 8.41. The predicted octanol–water partition coefficient (Wildman–Crippen LogP) is 3.40. The van der Waals surface area contributed by atoms with Crippen LogP contribution in [0.25, 0.3) is 0 Å². The van der Waals surface area contributed by atoms with Gasteiger partial charge in [-0.15, -0.1) is 0 Å². The van der Waals surface area contributed by atoms with Crippen LogP contribution in [-0.4, -0.2) is 47.5 Å². The molecule has 0 spiro atoms. The second-order valence-electron chi connectivity index (χ2n) is 7.57. The molecule has 2 aromatic rings. The molecule has 0 bridgehead atoms. The monoisotopic (exact) mass is 433 g/mol. The standard InChI is InChI=1S/C21H21Cl2N3O3/c1-12-5-14(3-4-17(12)23)8-25-18(27)9-26(20-13(2)6-16(22)7-24-20)21(28)19(25)15-10-29-11-15/h3-7,15,19H,8-11H2,1-2H3/t19-/m1/s1. The van der Waals surface area contributed by atoms with Crippen molar-refractivity contribution in [2.75, 3.05) is 24.7 Å². The Kier molecular flexibility index (Phi) is 5.51. The van der Waals surface area contributed by atoms with Gasteiger partial charge in [0.1, 0.15) is 18.4 Å². The number of hydrogen-bond acceptors (Lipinski definition) is 4. The molecule has 1 aromatic heterocycles. The molecule has 1 aromatic carbocycles. The number of carbonyl (C=O) groups excluding carboxylic acids is 2. The van der Waals surface area contributed by atoms with Gasteiger partial charge >= 0.3 is 0 Å². The van der Waals surface area contributed by atoms with Gasteiger partial charge in [0.15, 0.2) is 0 Å². The van der Waals surface area contributed by atoms with Crippen LogP contribution in [0.4, 0.5) is 5.82 Å². The van der Waals surface area contributed by atoms with Crippen LogP contribution in [-0.2, 0) is 20.9 Å². The van der Waals surface area contributed by atoms with Crippen molar-refractivity contribution in [2.24, 2.45) is 5.92 Å². The molecule has 0 aliphatic carbocycles. The fraction of sp³-hybridized carbons (Fsp3) is 0.381. The maximum Gasteiger partial charge on any atom is 0.251 e. The highest BCUT2D eigenvalue weighted by atomic mass is 35.5. The fourth-order valence-corrected chi connectivity index (χ4v) is 4.16. The molecule has 6 nitrogen and oxygen atoms in total. The Balaban J connectivity index is 1.66. The van der Waals surface area contributed by atoms with Gasteiger partial charge in [-0.3, -0.25) is 14.5 Å². The molecule has 8 heteroatoms. The first kappa shape index (κ1) is 20.1. The Bertz CT molecular complexity index is 978. The highest BCUT2D eigenvalue weighted by molar-refractivity contribution is 6.31. The molecule has 0 unspecified atom stereocenters. The quantitative estimate of drug-likeness (QED) is 0.740. The molecular formula is C21H21Cl2N3O3. The first-order valence-electron chi connectivity index (χ1n) is 9.41. The maximum absolute atomic E-state index is 13.4. The minimum atomic E-state index is -0.585. The summed E-state index contributed by atoms with van der Waals surface area (Å²) >= 11 is 12.1. The lowest BCUT2D eigenvalue weighted by Gasteiger charge is -2.45. The van der Waals surface area contributed by atoms with E-state index < -0.39 is 6.04 Å². The molecule has 3 heterocycles. The summed E-state index contributed by atoms with van der Waals surface area (Å²) in [6.07, 6.45) is 1.49. The van der Waals surface area contributed by atoms with Gasteiger partial charge in [0.05, 0.1) is 18.2 Å². The Morgan fingerprint density at radius 1 is 1.14 bits per heavy atom. The molecule has 0 radical (unpaired) electrons. The number of hydrogen-bond donors (Lipinski definition) is 0. The minimum absolute atomic E-state index is 0.0322. The summed E-state index contributed by atoms with van der Waals surface area (Å²) < 4.78 is 5.33. The van der Waals surface area contributed by atoms with E-state index in [9.17, 15) is 9.59 Å². The first-order chi connectivity index (χ1) is 13.8. The van der Waals surface area contributed by atoms with Gasteiger partial charge in [0, 0.05) is 23.7 Å². The topological polar surface area (TPSA) is 62.7 Å². The number of benzene rings is 1. The third-order valence-electron chi connectivity index (χ3n) is 5.43. The molecule has 2 aliphatic heterocycles. The van der Waals surface area contributed by atoms with Crippen molar-refractivity contribution in [1.82, 2.24) is 9.88 Å². The normalized spacial score (nSPS) is 20.2. The van der Waals surface area contributed by atoms with Gasteiger partial charge in [0.2, 0.25) is 5.91 Å². The smallest absolute Gasteiger partial charge is 0.251 e. The van der Waals surface area contributed by atoms with Crippen LogP contribution in [0.15, 0.2) is 30.5 Å². The van der Waals surface area contributed by atoms with E-state index in [-0.39, 0.29) is 24.3 Å². The van der Waals surface area contributed by atoms with Crippen molar-refractivity contribution >= 4 is 40.8 Å². The maximum atomic E-state index is 13.4. The Labute approximate surface area is 179 Å². The molecule has 4 rings (SSSR count). The van der Waals surface area contributed by atoms with E-state index in [0.717, 1.165) is 16.7 Å². The van der Waals surface area contributed by atoms with E-state index in [1.165, 1.54) is 11.1 Å². The van der Waals surface area contributed by atoms with E-state index in [1.54, 1.807) is 11.0 Å². The van der Waals surface area contributed by atoms with E-state index in [1.807, 2.05) is 32.0 Å². The van der Waals surface area contributed by atoms with Crippen LogP contribution in [0, 0.1) is 19.8 Å². The summed E-state index contributed by atoms with van der Waals surface area (Å²) in [4.78, 5) is 34.0. The van der Waals surface area contributed by atoms with Gasteiger partial charge < -0.3 is 9.64 Å². The number of piperazine rings is 1. The number of aromatic nitrogens is 1. The summed E-state index contributed by atoms with van der Waals surface area (Å²) in [5.41, 5.74) is 2.63. The van der Waals surface area contributed by atoms with Crippen molar-refractivity contribution in [2.45, 2.75) is 26.4 Å². The number of ether oxygens (including phenoxy) is 1. The number of halogens is 2. The number of aryl methyl sites for hydroxylation is 2. The number of rotatable bonds is 4. The van der Waals surface area contributed by atoms with Gasteiger partial charge in [-0.1, -0.05) is 35.3 Å². The molecule has 0 N–H and O–H groups in total. The summed E-state index contributed by atoms with van der Waals surface area (Å²) in [7, 11) is 0. The van der Waals surface area contributed by atoms with Crippen LogP contribution in [0.2, 0.25) is 10.0 Å². The zero-order valence-electron chi connectivity index (χ0n) is 16.2. The highest BCUT2D eigenvalue weighted by Gasteiger charge is 2.47. The molecule has 29 heavy (non-hydrogen) atoms. The zero-order valence-corrected chi connectivity index (χ0v) is 17.7. The lowest BCUT2D eigenvalue weighted by Crippen LogP contribution is -2.65. The number of anilines is 1. The summed E-state index contributed by atoms with van der Waals surface area (Å²) in [6, 6.07) is 6.81. The average Bonchev–Trinajstić information content (AvgIpc) is 2.62. The summed E-state index contributed by atoms with van der Waals surface area (Å²) in [6.45, 7) is 4.97. The van der Waals surface area contributed by atoms with Crippen molar-refractivity contribution in [3.63, 3.8) is 0 Å². The van der Waals surface area contributed by atoms with Crippen molar-refractivity contribution in [1.29, 1.82) is 0 Å². The second kappa shape index (κ2) is 7.94. The SMILES string of the molecule is Cc1cc(CN2C(=O)CN(c3ncc(Cl)cc3C)C(=O)[C@H]2C2COC2)ccc1Cl. The van der Waals surface area contributed by atoms with Gasteiger partial charge in [-0.25, -0.2) is 4.98 Å². The predicted molar refractivity (Wildman–Crippen MR) is 111 cm³/mol. The van der Waals surface area contributed by atoms with E-state index in [0.29, 0.717) is 35.6 Å². The minimum Gasteiger partial charge on any atom is -0.380 e. The van der Waals surface area contributed by atoms with Gasteiger partial charge in [0.25, 0.3) is 5.91 Å². The van der Waals surface area contributed by atoms with Gasteiger partial charge in [-0.2, -0.15) is 0 Å². The van der Waals surface area contributed by atoms with E-state index in [2.05, 4.69) is 4.98 Å². The van der Waals surface area contributed by atoms with Crippen LogP contribution in [0.3, 0.4) is 0 Å². The average molecular weight is 434 g/mol. The number of nitrogens with zero attached hydrogens (tertiary/aromatic N) is 3. The largest absolute Gasteiger partial charge is 0.380 e. The van der Waals surface area contributed by atoms with Crippen molar-refractivity contribution in [3.05, 3.63) is 57.2 Å². The van der Waals surface area contributed by atoms with Gasteiger partial charge in [-0.05, 0) is 42.7 Å². The molecule has 1 atom stereocenters. The Morgan fingerprint density at radius 3 is 2.52 bits per heavy atom.